The van der Waals surface area contributed by atoms with Crippen LogP contribution in [0.3, 0.4) is 0 Å². The molecule has 0 saturated heterocycles. The van der Waals surface area contributed by atoms with Crippen molar-refractivity contribution >= 4 is 17.7 Å². The SMILES string of the molecule is Cc1ccnc(Cl)c1C(O)C(O)CNC(=O)OC(C)(C)C. The van der Waals surface area contributed by atoms with E-state index < -0.39 is 23.9 Å². The van der Waals surface area contributed by atoms with Crippen molar-refractivity contribution in [2.75, 3.05) is 6.54 Å². The summed E-state index contributed by atoms with van der Waals surface area (Å²) >= 11 is 5.92. The van der Waals surface area contributed by atoms with E-state index in [2.05, 4.69) is 10.3 Å². The minimum atomic E-state index is -1.25. The fourth-order valence-electron chi connectivity index (χ4n) is 1.70. The van der Waals surface area contributed by atoms with Gasteiger partial charge in [0.15, 0.2) is 0 Å². The summed E-state index contributed by atoms with van der Waals surface area (Å²) in [6, 6.07) is 1.68. The quantitative estimate of drug-likeness (QED) is 0.739. The third-order valence-corrected chi connectivity index (χ3v) is 2.98. The molecule has 1 heterocycles. The molecule has 3 N–H and O–H groups in total. The minimum absolute atomic E-state index is 0.124. The molecule has 6 nitrogen and oxygen atoms in total. The van der Waals surface area contributed by atoms with Gasteiger partial charge in [0.25, 0.3) is 0 Å². The third kappa shape index (κ3) is 5.49. The van der Waals surface area contributed by atoms with Gasteiger partial charge in [-0.3, -0.25) is 0 Å². The number of nitrogens with one attached hydrogen (secondary N) is 1. The molecule has 7 heteroatoms. The van der Waals surface area contributed by atoms with Gasteiger partial charge in [-0.1, -0.05) is 11.6 Å². The molecule has 2 atom stereocenters. The number of hydrogen-bond donors (Lipinski definition) is 3. The Bertz CT molecular complexity index is 482. The average molecular weight is 317 g/mol. The Morgan fingerprint density at radius 2 is 2.10 bits per heavy atom. The van der Waals surface area contributed by atoms with Crippen LogP contribution in [0, 0.1) is 6.92 Å². The second-order valence-corrected chi connectivity index (χ2v) is 6.09. The summed E-state index contributed by atoms with van der Waals surface area (Å²) < 4.78 is 5.04. The van der Waals surface area contributed by atoms with E-state index in [0.29, 0.717) is 11.1 Å². The second-order valence-electron chi connectivity index (χ2n) is 5.73. The number of amides is 1. The lowest BCUT2D eigenvalue weighted by molar-refractivity contribution is 0.0125. The van der Waals surface area contributed by atoms with E-state index in [1.165, 1.54) is 6.20 Å². The monoisotopic (exact) mass is 316 g/mol. The van der Waals surface area contributed by atoms with Crippen molar-refractivity contribution < 1.29 is 19.7 Å². The van der Waals surface area contributed by atoms with Crippen LogP contribution in [-0.2, 0) is 4.74 Å². The van der Waals surface area contributed by atoms with Gasteiger partial charge in [-0.25, -0.2) is 9.78 Å². The van der Waals surface area contributed by atoms with Crippen LogP contribution in [0.5, 0.6) is 0 Å². The van der Waals surface area contributed by atoms with Gasteiger partial charge >= 0.3 is 6.09 Å². The van der Waals surface area contributed by atoms with Gasteiger partial charge < -0.3 is 20.3 Å². The van der Waals surface area contributed by atoms with Gasteiger partial charge in [-0.2, -0.15) is 0 Å². The second kappa shape index (κ2) is 7.06. The van der Waals surface area contributed by atoms with Crippen LogP contribution in [-0.4, -0.2) is 39.5 Å². The number of halogens is 1. The smallest absolute Gasteiger partial charge is 0.407 e. The fraction of sp³-hybridized carbons (Fsp3) is 0.571. The normalized spacial score (nSPS) is 14.4. The molecular formula is C14H21ClN2O4. The van der Waals surface area contributed by atoms with Crippen LogP contribution >= 0.6 is 11.6 Å². The minimum Gasteiger partial charge on any atom is -0.444 e. The number of aliphatic hydroxyl groups excluding tert-OH is 2. The molecule has 21 heavy (non-hydrogen) atoms. The lowest BCUT2D eigenvalue weighted by atomic mass is 10.0. The topological polar surface area (TPSA) is 91.7 Å². The molecule has 2 unspecified atom stereocenters. The van der Waals surface area contributed by atoms with Crippen LogP contribution in [0.1, 0.15) is 38.0 Å². The molecule has 0 aliphatic heterocycles. The molecule has 0 radical (unpaired) electrons. The molecule has 0 saturated carbocycles. The summed E-state index contributed by atoms with van der Waals surface area (Å²) in [5.74, 6) is 0. The number of rotatable bonds is 4. The van der Waals surface area contributed by atoms with Crippen LogP contribution in [0.25, 0.3) is 0 Å². The van der Waals surface area contributed by atoms with Gasteiger partial charge in [-0.15, -0.1) is 0 Å². The number of aliphatic hydroxyl groups is 2. The lowest BCUT2D eigenvalue weighted by Gasteiger charge is -2.23. The number of alkyl carbamates (subject to hydrolysis) is 1. The average Bonchev–Trinajstić information content (AvgIpc) is 2.33. The van der Waals surface area contributed by atoms with Crippen LogP contribution < -0.4 is 5.32 Å². The fourth-order valence-corrected chi connectivity index (χ4v) is 2.02. The van der Waals surface area contributed by atoms with E-state index in [-0.39, 0.29) is 11.7 Å². The molecule has 1 rings (SSSR count). The molecule has 1 amide bonds. The molecule has 0 spiro atoms. The summed E-state index contributed by atoms with van der Waals surface area (Å²) in [4.78, 5) is 15.4. The molecule has 0 aliphatic rings. The van der Waals surface area contributed by atoms with Crippen molar-refractivity contribution in [3.05, 3.63) is 28.5 Å². The Balaban J connectivity index is 2.63. The summed E-state index contributed by atoms with van der Waals surface area (Å²) in [5, 5.41) is 22.6. The van der Waals surface area contributed by atoms with Gasteiger partial charge in [0.2, 0.25) is 0 Å². The first-order valence-electron chi connectivity index (χ1n) is 6.56. The molecule has 0 bridgehead atoms. The maximum atomic E-state index is 11.5. The highest BCUT2D eigenvalue weighted by Gasteiger charge is 2.24. The molecule has 0 fully saturated rings. The summed E-state index contributed by atoms with van der Waals surface area (Å²) in [5.41, 5.74) is 0.424. The highest BCUT2D eigenvalue weighted by atomic mass is 35.5. The molecule has 0 aliphatic carbocycles. The number of carbonyl (C=O) groups is 1. The van der Waals surface area contributed by atoms with Gasteiger partial charge in [0, 0.05) is 18.3 Å². The van der Waals surface area contributed by atoms with Gasteiger partial charge in [0.05, 0.1) is 0 Å². The first kappa shape index (κ1) is 17.7. The largest absolute Gasteiger partial charge is 0.444 e. The van der Waals surface area contributed by atoms with Gasteiger partial charge in [-0.05, 0) is 39.3 Å². The number of aromatic nitrogens is 1. The van der Waals surface area contributed by atoms with Crippen LogP contribution in [0.2, 0.25) is 5.15 Å². The zero-order valence-electron chi connectivity index (χ0n) is 12.6. The first-order valence-corrected chi connectivity index (χ1v) is 6.93. The summed E-state index contributed by atoms with van der Waals surface area (Å²) in [7, 11) is 0. The number of nitrogens with zero attached hydrogens (tertiary/aromatic N) is 1. The Morgan fingerprint density at radius 3 is 2.62 bits per heavy atom. The van der Waals surface area contributed by atoms with Crippen LogP contribution in [0.4, 0.5) is 4.79 Å². The molecule has 1 aromatic rings. The maximum absolute atomic E-state index is 11.5. The van der Waals surface area contributed by atoms with Gasteiger partial charge in [0.1, 0.15) is 23.0 Å². The maximum Gasteiger partial charge on any atom is 0.407 e. The number of ether oxygens (including phenoxy) is 1. The Labute approximate surface area is 129 Å². The van der Waals surface area contributed by atoms with Crippen molar-refractivity contribution in [3.63, 3.8) is 0 Å². The number of hydrogen-bond acceptors (Lipinski definition) is 5. The zero-order chi connectivity index (χ0) is 16.2. The highest BCUT2D eigenvalue weighted by Crippen LogP contribution is 2.26. The molecule has 1 aromatic heterocycles. The highest BCUT2D eigenvalue weighted by molar-refractivity contribution is 6.30. The number of pyridine rings is 1. The Kier molecular flexibility index (Phi) is 5.95. The van der Waals surface area contributed by atoms with Crippen molar-refractivity contribution in [2.45, 2.75) is 45.5 Å². The van der Waals surface area contributed by atoms with Crippen LogP contribution in [0.15, 0.2) is 12.3 Å². The van der Waals surface area contributed by atoms with Crippen molar-refractivity contribution in [1.82, 2.24) is 10.3 Å². The van der Waals surface area contributed by atoms with Crippen molar-refractivity contribution in [1.29, 1.82) is 0 Å². The Hall–Kier alpha value is -1.37. The Morgan fingerprint density at radius 1 is 1.48 bits per heavy atom. The lowest BCUT2D eigenvalue weighted by Crippen LogP contribution is -2.39. The van der Waals surface area contributed by atoms with Crippen molar-refractivity contribution in [3.8, 4) is 0 Å². The third-order valence-electron chi connectivity index (χ3n) is 2.67. The standard InChI is InChI=1S/C14H21ClN2O4/c1-8-5-6-16-12(15)10(8)11(19)9(18)7-17-13(20)21-14(2,3)4/h5-6,9,11,18-19H,7H2,1-4H3,(H,17,20). The first-order chi connectivity index (χ1) is 9.61. The predicted octanol–water partition coefficient (Wildman–Crippen LogP) is 1.96. The molecule has 0 aromatic carbocycles. The summed E-state index contributed by atoms with van der Waals surface area (Å²) in [6.45, 7) is 6.78. The zero-order valence-corrected chi connectivity index (χ0v) is 13.3. The number of aryl methyl sites for hydroxylation is 1. The van der Waals surface area contributed by atoms with E-state index in [1.54, 1.807) is 33.8 Å². The van der Waals surface area contributed by atoms with E-state index >= 15 is 0 Å². The number of carbonyl (C=O) groups excluding carboxylic acids is 1. The van der Waals surface area contributed by atoms with E-state index in [1.807, 2.05) is 0 Å². The summed E-state index contributed by atoms with van der Waals surface area (Å²) in [6.07, 6.45) is -1.62. The van der Waals surface area contributed by atoms with E-state index in [4.69, 9.17) is 16.3 Å². The predicted molar refractivity (Wildman–Crippen MR) is 79.2 cm³/mol. The van der Waals surface area contributed by atoms with E-state index in [9.17, 15) is 15.0 Å². The van der Waals surface area contributed by atoms with E-state index in [0.717, 1.165) is 0 Å². The molecular weight excluding hydrogens is 296 g/mol. The van der Waals surface area contributed by atoms with Crippen molar-refractivity contribution in [2.24, 2.45) is 0 Å². The molecule has 118 valence electrons.